The second-order valence-electron chi connectivity index (χ2n) is 1.56. The van der Waals surface area contributed by atoms with E-state index in [9.17, 15) is 4.79 Å². The molecule has 0 aliphatic heterocycles. The van der Waals surface area contributed by atoms with Gasteiger partial charge in [0.05, 0.1) is 0 Å². The van der Waals surface area contributed by atoms with Crippen LogP contribution in [0, 0.1) is 5.41 Å². The van der Waals surface area contributed by atoms with Gasteiger partial charge in [-0.05, 0) is 12.0 Å². The molecule has 0 aliphatic rings. The smallest absolute Gasteiger partial charge is 0.328 e. The van der Waals surface area contributed by atoms with E-state index >= 15 is 0 Å². The van der Waals surface area contributed by atoms with Gasteiger partial charge in [0.2, 0.25) is 0 Å². The van der Waals surface area contributed by atoms with E-state index in [2.05, 4.69) is 0 Å². The number of carbonyl (C=O) groups is 1. The van der Waals surface area contributed by atoms with Gasteiger partial charge in [0.1, 0.15) is 0 Å². The molecule has 0 amide bonds. The largest absolute Gasteiger partial charge is 0.478 e. The highest BCUT2D eigenvalue weighted by Gasteiger charge is 1.91. The molecule has 0 unspecified atom stereocenters. The minimum absolute atomic E-state index is 0.530. The van der Waals surface area contributed by atoms with Crippen molar-refractivity contribution >= 4 is 12.2 Å². The summed E-state index contributed by atoms with van der Waals surface area (Å²) in [5.74, 6) is -0.990. The van der Waals surface area contributed by atoms with Crippen LogP contribution in [0.4, 0.5) is 0 Å². The fourth-order valence-electron chi connectivity index (χ4n) is 0.404. The van der Waals surface area contributed by atoms with E-state index in [1.807, 2.05) is 0 Å². The summed E-state index contributed by atoms with van der Waals surface area (Å²) in [6.07, 6.45) is 2.68. The number of aliphatic carboxylic acids is 1. The van der Waals surface area contributed by atoms with Crippen LogP contribution in [0.15, 0.2) is 11.6 Å². The summed E-state index contributed by atoms with van der Waals surface area (Å²) in [5.41, 5.74) is 0.530. The maximum atomic E-state index is 9.95. The molecular weight excluding hydrogens is 118 g/mol. The van der Waals surface area contributed by atoms with Crippen LogP contribution in [0.1, 0.15) is 13.3 Å². The van der Waals surface area contributed by atoms with Gasteiger partial charge in [-0.25, -0.2) is 4.79 Å². The quantitative estimate of drug-likeness (QED) is 0.439. The maximum Gasteiger partial charge on any atom is 0.328 e. The highest BCUT2D eigenvalue weighted by molar-refractivity contribution is 5.89. The number of hydrogen-bond donors (Lipinski definition) is 2. The van der Waals surface area contributed by atoms with Crippen LogP contribution in [0.25, 0.3) is 0 Å². The Labute approximate surface area is 53.5 Å². The molecule has 0 saturated carbocycles. The van der Waals surface area contributed by atoms with Gasteiger partial charge in [0, 0.05) is 12.3 Å². The predicted molar refractivity (Wildman–Crippen MR) is 34.8 cm³/mol. The predicted octanol–water partition coefficient (Wildman–Crippen LogP) is 1.06. The van der Waals surface area contributed by atoms with Crippen molar-refractivity contribution in [2.45, 2.75) is 13.3 Å². The van der Waals surface area contributed by atoms with Gasteiger partial charge in [-0.1, -0.05) is 6.92 Å². The lowest BCUT2D eigenvalue weighted by molar-refractivity contribution is -0.131. The third-order valence-electron chi connectivity index (χ3n) is 0.903. The molecule has 0 rings (SSSR count). The fraction of sp³-hybridized carbons (Fsp3) is 0.333. The zero-order valence-electron chi connectivity index (χ0n) is 5.22. The van der Waals surface area contributed by atoms with Gasteiger partial charge >= 0.3 is 5.97 Å². The monoisotopic (exact) mass is 127 g/mol. The summed E-state index contributed by atoms with van der Waals surface area (Å²) in [6.45, 7) is 1.81. The Morgan fingerprint density at radius 1 is 1.78 bits per heavy atom. The van der Waals surface area contributed by atoms with Crippen molar-refractivity contribution < 1.29 is 9.90 Å². The first kappa shape index (κ1) is 7.88. The summed E-state index contributed by atoms with van der Waals surface area (Å²) in [4.78, 5) is 9.95. The third-order valence-corrected chi connectivity index (χ3v) is 0.903. The zero-order chi connectivity index (χ0) is 7.28. The second-order valence-corrected chi connectivity index (χ2v) is 1.56. The van der Waals surface area contributed by atoms with Crippen LogP contribution in [0.5, 0.6) is 0 Å². The van der Waals surface area contributed by atoms with Crippen LogP contribution in [0.3, 0.4) is 0 Å². The lowest BCUT2D eigenvalue weighted by atomic mass is 10.2. The Balaban J connectivity index is 4.07. The number of carboxylic acid groups (broad SMARTS) is 1. The molecule has 0 aliphatic carbocycles. The van der Waals surface area contributed by atoms with Crippen LogP contribution in [-0.2, 0) is 4.79 Å². The van der Waals surface area contributed by atoms with Crippen LogP contribution >= 0.6 is 0 Å². The molecule has 0 radical (unpaired) electrons. The van der Waals surface area contributed by atoms with E-state index in [0.29, 0.717) is 12.0 Å². The molecule has 3 heteroatoms. The van der Waals surface area contributed by atoms with Gasteiger partial charge in [0.15, 0.2) is 0 Å². The summed E-state index contributed by atoms with van der Waals surface area (Å²) < 4.78 is 0. The van der Waals surface area contributed by atoms with Crippen LogP contribution < -0.4 is 0 Å². The number of rotatable bonds is 3. The van der Waals surface area contributed by atoms with Gasteiger partial charge in [-0.3, -0.25) is 0 Å². The topological polar surface area (TPSA) is 61.2 Å². The Kier molecular flexibility index (Phi) is 3.35. The summed E-state index contributed by atoms with van der Waals surface area (Å²) in [5, 5.41) is 14.9. The molecule has 0 aromatic carbocycles. The lowest BCUT2D eigenvalue weighted by Crippen LogP contribution is -1.91. The van der Waals surface area contributed by atoms with Gasteiger partial charge in [-0.15, -0.1) is 0 Å². The Bertz CT molecular complexity index is 149. The summed E-state index contributed by atoms with van der Waals surface area (Å²) in [6, 6.07) is 0. The average Bonchev–Trinajstić information content (AvgIpc) is 1.82. The minimum Gasteiger partial charge on any atom is -0.478 e. The maximum absolute atomic E-state index is 9.95. The molecule has 3 nitrogen and oxygen atoms in total. The Hall–Kier alpha value is -1.12. The summed E-state index contributed by atoms with van der Waals surface area (Å²) >= 11 is 0. The molecule has 0 atom stereocenters. The van der Waals surface area contributed by atoms with Gasteiger partial charge in [-0.2, -0.15) is 0 Å². The number of nitrogens with one attached hydrogen (secondary N) is 1. The highest BCUT2D eigenvalue weighted by Crippen LogP contribution is 1.94. The second kappa shape index (κ2) is 3.83. The van der Waals surface area contributed by atoms with E-state index in [0.717, 1.165) is 12.3 Å². The van der Waals surface area contributed by atoms with Crippen molar-refractivity contribution in [3.63, 3.8) is 0 Å². The molecule has 0 fully saturated rings. The number of allylic oxidation sites excluding steroid dienone is 1. The van der Waals surface area contributed by atoms with Crippen molar-refractivity contribution in [3.05, 3.63) is 11.6 Å². The molecule has 0 heterocycles. The van der Waals surface area contributed by atoms with Crippen molar-refractivity contribution in [2.75, 3.05) is 0 Å². The average molecular weight is 127 g/mol. The van der Waals surface area contributed by atoms with Crippen molar-refractivity contribution in [3.8, 4) is 0 Å². The van der Waals surface area contributed by atoms with E-state index in [1.165, 1.54) is 0 Å². The SMILES string of the molecule is CC/C(C=N)=C\C(=O)O. The standard InChI is InChI=1S/C6H9NO2/c1-2-5(4-7)3-6(8)9/h3-4,7H,2H2,1H3,(H,8,9)/b5-3+,7-4?. The van der Waals surface area contributed by atoms with Gasteiger partial charge in [0.25, 0.3) is 0 Å². The summed E-state index contributed by atoms with van der Waals surface area (Å²) in [7, 11) is 0. The van der Waals surface area contributed by atoms with E-state index in [4.69, 9.17) is 10.5 Å². The van der Waals surface area contributed by atoms with Crippen molar-refractivity contribution in [1.29, 1.82) is 5.41 Å². The van der Waals surface area contributed by atoms with Crippen LogP contribution in [0.2, 0.25) is 0 Å². The molecule has 0 bridgehead atoms. The highest BCUT2D eigenvalue weighted by atomic mass is 16.4. The number of hydrogen-bond acceptors (Lipinski definition) is 2. The third kappa shape index (κ3) is 3.46. The molecule has 50 valence electrons. The van der Waals surface area contributed by atoms with Crippen LogP contribution in [-0.4, -0.2) is 17.3 Å². The first-order chi connectivity index (χ1) is 4.20. The zero-order valence-corrected chi connectivity index (χ0v) is 5.22. The molecule has 2 N–H and O–H groups in total. The fourth-order valence-corrected chi connectivity index (χ4v) is 0.404. The normalized spacial score (nSPS) is 11.0. The van der Waals surface area contributed by atoms with Crippen molar-refractivity contribution in [2.24, 2.45) is 0 Å². The molecule has 0 saturated heterocycles. The van der Waals surface area contributed by atoms with Gasteiger partial charge < -0.3 is 10.5 Å². The minimum atomic E-state index is -0.990. The Morgan fingerprint density at radius 2 is 2.33 bits per heavy atom. The molecule has 0 spiro atoms. The van der Waals surface area contributed by atoms with E-state index < -0.39 is 5.97 Å². The Morgan fingerprint density at radius 3 is 2.44 bits per heavy atom. The van der Waals surface area contributed by atoms with E-state index in [-0.39, 0.29) is 0 Å². The molecule has 9 heavy (non-hydrogen) atoms. The lowest BCUT2D eigenvalue weighted by Gasteiger charge is -1.88. The van der Waals surface area contributed by atoms with Crippen molar-refractivity contribution in [1.82, 2.24) is 0 Å². The first-order valence-corrected chi connectivity index (χ1v) is 2.64. The number of carboxylic acids is 1. The first-order valence-electron chi connectivity index (χ1n) is 2.64. The molecule has 0 aromatic rings. The molecular formula is C6H9NO2. The molecule has 0 aromatic heterocycles. The van der Waals surface area contributed by atoms with E-state index in [1.54, 1.807) is 6.92 Å².